The van der Waals surface area contributed by atoms with E-state index in [2.05, 4.69) is 20.8 Å². The molecule has 0 saturated carbocycles. The largest absolute Gasteiger partial charge is 0.462 e. The highest BCUT2D eigenvalue weighted by Gasteiger charge is 2.19. The summed E-state index contributed by atoms with van der Waals surface area (Å²) in [5.74, 6) is -0.862. The van der Waals surface area contributed by atoms with Gasteiger partial charge in [0.15, 0.2) is 6.10 Å². The standard InChI is InChI=1S/C45H86O6/c1-4-7-10-13-16-18-19-20-21-22-23-24-25-27-29-32-35-38-44(47)50-41-42(40-49-43(46)37-34-31-28-15-12-9-6-3)51-45(48)39-36-33-30-26-17-14-11-8-5-2/h42H,4-41H2,1-3H3. The fraction of sp³-hybridized carbons (Fsp3) is 0.933. The Balaban J connectivity index is 4.17. The van der Waals surface area contributed by atoms with Crippen LogP contribution in [0.4, 0.5) is 0 Å². The van der Waals surface area contributed by atoms with Gasteiger partial charge in [0, 0.05) is 19.3 Å². The average Bonchev–Trinajstić information content (AvgIpc) is 3.12. The minimum absolute atomic E-state index is 0.0635. The zero-order chi connectivity index (χ0) is 37.3. The Hall–Kier alpha value is -1.59. The van der Waals surface area contributed by atoms with Crippen molar-refractivity contribution in [3.05, 3.63) is 0 Å². The summed E-state index contributed by atoms with van der Waals surface area (Å²) in [5.41, 5.74) is 0. The van der Waals surface area contributed by atoms with Crippen LogP contribution < -0.4 is 0 Å². The number of carbonyl (C=O) groups is 3. The topological polar surface area (TPSA) is 78.9 Å². The molecule has 1 unspecified atom stereocenters. The highest BCUT2D eigenvalue weighted by Crippen LogP contribution is 2.16. The van der Waals surface area contributed by atoms with Gasteiger partial charge in [-0.1, -0.05) is 213 Å². The number of hydrogen-bond donors (Lipinski definition) is 0. The first-order chi connectivity index (χ1) is 25.0. The Bertz CT molecular complexity index is 753. The summed E-state index contributed by atoms with van der Waals surface area (Å²) in [6.07, 6.45) is 41.0. The Kier molecular flexibility index (Phi) is 39.9. The molecule has 0 saturated heterocycles. The summed E-state index contributed by atoms with van der Waals surface area (Å²) in [4.78, 5) is 37.5. The van der Waals surface area contributed by atoms with Gasteiger partial charge in [0.1, 0.15) is 13.2 Å². The molecule has 6 nitrogen and oxygen atoms in total. The van der Waals surface area contributed by atoms with E-state index in [-0.39, 0.29) is 31.1 Å². The molecule has 0 bridgehead atoms. The molecule has 0 aliphatic heterocycles. The number of rotatable bonds is 41. The summed E-state index contributed by atoms with van der Waals surface area (Å²) in [7, 11) is 0. The zero-order valence-electron chi connectivity index (χ0n) is 34.4. The van der Waals surface area contributed by atoms with Crippen molar-refractivity contribution in [1.29, 1.82) is 0 Å². The van der Waals surface area contributed by atoms with E-state index in [1.54, 1.807) is 0 Å². The lowest BCUT2D eigenvalue weighted by Crippen LogP contribution is -2.30. The average molecular weight is 723 g/mol. The highest BCUT2D eigenvalue weighted by atomic mass is 16.6. The molecule has 0 fully saturated rings. The van der Waals surface area contributed by atoms with Gasteiger partial charge >= 0.3 is 17.9 Å². The fourth-order valence-corrected chi connectivity index (χ4v) is 6.68. The number of ether oxygens (including phenoxy) is 3. The van der Waals surface area contributed by atoms with Gasteiger partial charge in [0.25, 0.3) is 0 Å². The summed E-state index contributed by atoms with van der Waals surface area (Å²) in [6, 6.07) is 0. The summed E-state index contributed by atoms with van der Waals surface area (Å²) in [5, 5.41) is 0. The van der Waals surface area contributed by atoms with Gasteiger partial charge in [-0.3, -0.25) is 14.4 Å². The molecular formula is C45H86O6. The van der Waals surface area contributed by atoms with Crippen molar-refractivity contribution < 1.29 is 28.6 Å². The summed E-state index contributed by atoms with van der Waals surface area (Å²) >= 11 is 0. The SMILES string of the molecule is CCCCCCCCCCCCCCCCCCCC(=O)OCC(COC(=O)CCCCCCCCC)OC(=O)CCCCCCCCCCC. The molecular weight excluding hydrogens is 636 g/mol. The van der Waals surface area contributed by atoms with Crippen molar-refractivity contribution in [2.24, 2.45) is 0 Å². The van der Waals surface area contributed by atoms with E-state index in [9.17, 15) is 14.4 Å². The van der Waals surface area contributed by atoms with Crippen LogP contribution in [0.15, 0.2) is 0 Å². The number of unbranched alkanes of at least 4 members (excludes halogenated alkanes) is 30. The van der Waals surface area contributed by atoms with Crippen LogP contribution in [0.2, 0.25) is 0 Å². The lowest BCUT2D eigenvalue weighted by Gasteiger charge is -2.18. The molecule has 0 aromatic rings. The lowest BCUT2D eigenvalue weighted by atomic mass is 10.0. The van der Waals surface area contributed by atoms with Gasteiger partial charge in [-0.05, 0) is 19.3 Å². The Morgan fingerprint density at radius 3 is 0.784 bits per heavy atom. The smallest absolute Gasteiger partial charge is 0.306 e. The van der Waals surface area contributed by atoms with E-state index in [1.165, 1.54) is 154 Å². The van der Waals surface area contributed by atoms with Crippen LogP contribution in [-0.2, 0) is 28.6 Å². The van der Waals surface area contributed by atoms with Crippen molar-refractivity contribution in [3.8, 4) is 0 Å². The third-order valence-electron chi connectivity index (χ3n) is 10.1. The number of esters is 3. The van der Waals surface area contributed by atoms with E-state index < -0.39 is 6.10 Å². The second kappa shape index (κ2) is 41.2. The molecule has 0 heterocycles. The van der Waals surface area contributed by atoms with Gasteiger partial charge in [0.2, 0.25) is 0 Å². The molecule has 0 aliphatic rings. The van der Waals surface area contributed by atoms with Gasteiger partial charge < -0.3 is 14.2 Å². The molecule has 0 rings (SSSR count). The Morgan fingerprint density at radius 1 is 0.314 bits per heavy atom. The molecule has 0 N–H and O–H groups in total. The second-order valence-electron chi connectivity index (χ2n) is 15.3. The minimum Gasteiger partial charge on any atom is -0.462 e. The molecule has 0 spiro atoms. The van der Waals surface area contributed by atoms with Crippen LogP contribution in [0.1, 0.15) is 252 Å². The lowest BCUT2D eigenvalue weighted by molar-refractivity contribution is -0.167. The van der Waals surface area contributed by atoms with Crippen LogP contribution in [0.3, 0.4) is 0 Å². The van der Waals surface area contributed by atoms with E-state index in [4.69, 9.17) is 14.2 Å². The van der Waals surface area contributed by atoms with E-state index in [0.717, 1.165) is 57.8 Å². The van der Waals surface area contributed by atoms with E-state index in [0.29, 0.717) is 19.3 Å². The van der Waals surface area contributed by atoms with Gasteiger partial charge in [-0.2, -0.15) is 0 Å². The predicted molar refractivity (Wildman–Crippen MR) is 215 cm³/mol. The van der Waals surface area contributed by atoms with Crippen LogP contribution in [0.5, 0.6) is 0 Å². The Labute approximate surface area is 317 Å². The molecule has 0 radical (unpaired) electrons. The first kappa shape index (κ1) is 49.4. The first-order valence-electron chi connectivity index (χ1n) is 22.5. The van der Waals surface area contributed by atoms with Crippen LogP contribution >= 0.6 is 0 Å². The summed E-state index contributed by atoms with van der Waals surface area (Å²) < 4.78 is 16.6. The number of hydrogen-bond acceptors (Lipinski definition) is 6. The van der Waals surface area contributed by atoms with Crippen molar-refractivity contribution in [1.82, 2.24) is 0 Å². The van der Waals surface area contributed by atoms with Gasteiger partial charge in [0.05, 0.1) is 0 Å². The third-order valence-corrected chi connectivity index (χ3v) is 10.1. The molecule has 0 aromatic heterocycles. The maximum atomic E-state index is 12.6. The van der Waals surface area contributed by atoms with Crippen molar-refractivity contribution in [2.45, 2.75) is 258 Å². The van der Waals surface area contributed by atoms with Gasteiger partial charge in [-0.25, -0.2) is 0 Å². The fourth-order valence-electron chi connectivity index (χ4n) is 6.68. The molecule has 6 heteroatoms. The quantitative estimate of drug-likeness (QED) is 0.0355. The monoisotopic (exact) mass is 723 g/mol. The Morgan fingerprint density at radius 2 is 0.529 bits per heavy atom. The maximum absolute atomic E-state index is 12.6. The third kappa shape index (κ3) is 39.5. The summed E-state index contributed by atoms with van der Waals surface area (Å²) in [6.45, 7) is 6.59. The number of carbonyl (C=O) groups excluding carboxylic acids is 3. The second-order valence-corrected chi connectivity index (χ2v) is 15.3. The minimum atomic E-state index is -0.756. The molecule has 0 aromatic carbocycles. The van der Waals surface area contributed by atoms with E-state index >= 15 is 0 Å². The van der Waals surface area contributed by atoms with Crippen LogP contribution in [0.25, 0.3) is 0 Å². The van der Waals surface area contributed by atoms with Gasteiger partial charge in [-0.15, -0.1) is 0 Å². The van der Waals surface area contributed by atoms with Crippen molar-refractivity contribution in [3.63, 3.8) is 0 Å². The molecule has 0 amide bonds. The normalized spacial score (nSPS) is 11.8. The zero-order valence-corrected chi connectivity index (χ0v) is 34.4. The maximum Gasteiger partial charge on any atom is 0.306 e. The van der Waals surface area contributed by atoms with Crippen LogP contribution in [-0.4, -0.2) is 37.2 Å². The van der Waals surface area contributed by atoms with E-state index in [1.807, 2.05) is 0 Å². The van der Waals surface area contributed by atoms with Crippen molar-refractivity contribution >= 4 is 17.9 Å². The first-order valence-corrected chi connectivity index (χ1v) is 22.5. The molecule has 302 valence electrons. The van der Waals surface area contributed by atoms with Crippen LogP contribution in [0, 0.1) is 0 Å². The molecule has 51 heavy (non-hydrogen) atoms. The molecule has 0 aliphatic carbocycles. The van der Waals surface area contributed by atoms with Crippen molar-refractivity contribution in [2.75, 3.05) is 13.2 Å². The highest BCUT2D eigenvalue weighted by molar-refractivity contribution is 5.71. The predicted octanol–water partition coefficient (Wildman–Crippen LogP) is 14.1. The molecule has 1 atom stereocenters.